The molecule has 1 saturated carbocycles. The Balaban J connectivity index is 1.61. The molecule has 0 bridgehead atoms. The monoisotopic (exact) mass is 471 g/mol. The Morgan fingerprint density at radius 3 is 2.85 bits per heavy atom. The van der Waals surface area contributed by atoms with E-state index in [1.165, 1.54) is 37.3 Å². The van der Waals surface area contributed by atoms with Crippen LogP contribution in [-0.2, 0) is 5.41 Å². The van der Waals surface area contributed by atoms with Gasteiger partial charge in [-0.05, 0) is 25.0 Å². The van der Waals surface area contributed by atoms with Gasteiger partial charge in [0.05, 0.1) is 28.9 Å². The number of aliphatic hydroxyl groups is 1. The highest BCUT2D eigenvalue weighted by Gasteiger charge is 2.52. The number of fused-ring (bicyclic) bond motifs is 2. The molecule has 4 N–H and O–H groups in total. The van der Waals surface area contributed by atoms with Crippen molar-refractivity contribution in [1.82, 2.24) is 24.9 Å². The zero-order chi connectivity index (χ0) is 23.5. The number of amides is 1. The number of hydrogen-bond acceptors (Lipinski definition) is 7. The molecule has 1 aliphatic heterocycles. The first-order valence-electron chi connectivity index (χ1n) is 10.5. The number of hydrogen-bond donors (Lipinski definition) is 3. The van der Waals surface area contributed by atoms with Crippen LogP contribution in [0.25, 0.3) is 11.1 Å². The molecule has 11 heteroatoms. The number of nitrogens with two attached hydrogens (primary N) is 1. The number of nitrogens with zero attached hydrogens (tertiary/aromatic N) is 5. The Morgan fingerprint density at radius 2 is 2.15 bits per heavy atom. The number of benzene rings is 1. The van der Waals surface area contributed by atoms with Gasteiger partial charge in [-0.1, -0.05) is 16.8 Å². The number of halogens is 2. The lowest BCUT2D eigenvalue weighted by Gasteiger charge is -2.25. The first kappa shape index (κ1) is 21.6. The molecule has 3 heterocycles. The fourth-order valence-electron chi connectivity index (χ4n) is 5.04. The van der Waals surface area contributed by atoms with Crippen molar-refractivity contribution in [3.05, 3.63) is 52.7 Å². The Labute approximate surface area is 194 Å². The molecule has 1 fully saturated rings. The average molecular weight is 472 g/mol. The number of carbonyl (C=O) groups excluding carboxylic acids is 1. The summed E-state index contributed by atoms with van der Waals surface area (Å²) in [5.74, 6) is -0.676. The van der Waals surface area contributed by atoms with Crippen molar-refractivity contribution in [2.45, 2.75) is 30.4 Å². The quantitative estimate of drug-likeness (QED) is 0.501. The molecule has 1 aliphatic carbocycles. The molecular formula is C22H23ClFN7O2. The summed E-state index contributed by atoms with van der Waals surface area (Å²) >= 11 is 6.90. The molecule has 1 aromatic carbocycles. The second-order valence-electron chi connectivity index (χ2n) is 8.86. The molecular weight excluding hydrogens is 449 g/mol. The van der Waals surface area contributed by atoms with Crippen LogP contribution in [0.15, 0.2) is 30.7 Å². The van der Waals surface area contributed by atoms with Crippen LogP contribution in [-0.4, -0.2) is 62.6 Å². The first-order chi connectivity index (χ1) is 15.7. The average Bonchev–Trinajstić information content (AvgIpc) is 3.49. The number of nitrogen functional groups attached to an aromatic ring is 1. The molecule has 1 spiro atoms. The molecule has 0 saturated heterocycles. The SMILES string of the molecule is CN(C)C(=O)c1c(N)ccc(-c2cnc3c(c2Cl)[C@]2(CN3)C[C@@H](O)[C@@H](n3ccnn3)C2)c1F. The van der Waals surface area contributed by atoms with Crippen LogP contribution in [0.3, 0.4) is 0 Å². The maximum Gasteiger partial charge on any atom is 0.258 e. The topological polar surface area (TPSA) is 122 Å². The Morgan fingerprint density at radius 1 is 1.36 bits per heavy atom. The van der Waals surface area contributed by atoms with Gasteiger partial charge in [0.25, 0.3) is 5.91 Å². The van der Waals surface area contributed by atoms with Crippen molar-refractivity contribution < 1.29 is 14.3 Å². The van der Waals surface area contributed by atoms with Crippen LogP contribution in [0, 0.1) is 5.82 Å². The highest BCUT2D eigenvalue weighted by molar-refractivity contribution is 6.34. The van der Waals surface area contributed by atoms with Crippen molar-refractivity contribution in [1.29, 1.82) is 0 Å². The summed E-state index contributed by atoms with van der Waals surface area (Å²) in [7, 11) is 3.06. The highest BCUT2D eigenvalue weighted by Crippen LogP contribution is 2.54. The molecule has 0 unspecified atom stereocenters. The van der Waals surface area contributed by atoms with Gasteiger partial charge in [-0.25, -0.2) is 14.1 Å². The summed E-state index contributed by atoms with van der Waals surface area (Å²) in [5.41, 5.74) is 6.50. The van der Waals surface area contributed by atoms with E-state index in [2.05, 4.69) is 20.6 Å². The highest BCUT2D eigenvalue weighted by atomic mass is 35.5. The number of rotatable bonds is 3. The van der Waals surface area contributed by atoms with E-state index in [0.29, 0.717) is 35.8 Å². The van der Waals surface area contributed by atoms with Crippen LogP contribution in [0.1, 0.15) is 34.8 Å². The summed E-state index contributed by atoms with van der Waals surface area (Å²) in [6.45, 7) is 0.537. The van der Waals surface area contributed by atoms with Crippen molar-refractivity contribution in [3.8, 4) is 11.1 Å². The van der Waals surface area contributed by atoms with Crippen molar-refractivity contribution in [3.63, 3.8) is 0 Å². The fraction of sp³-hybridized carbons (Fsp3) is 0.364. The zero-order valence-corrected chi connectivity index (χ0v) is 18.8. The third-order valence-corrected chi connectivity index (χ3v) is 7.04. The number of aromatic nitrogens is 4. The van der Waals surface area contributed by atoms with Gasteiger partial charge in [0.2, 0.25) is 0 Å². The molecule has 0 radical (unpaired) electrons. The van der Waals surface area contributed by atoms with E-state index in [1.54, 1.807) is 17.1 Å². The van der Waals surface area contributed by atoms with Gasteiger partial charge in [0.1, 0.15) is 11.6 Å². The maximum atomic E-state index is 15.6. The lowest BCUT2D eigenvalue weighted by Crippen LogP contribution is -2.26. The molecule has 5 rings (SSSR count). The number of pyridine rings is 1. The van der Waals surface area contributed by atoms with Gasteiger partial charge in [-0.2, -0.15) is 0 Å². The van der Waals surface area contributed by atoms with E-state index >= 15 is 4.39 Å². The first-order valence-corrected chi connectivity index (χ1v) is 10.9. The van der Waals surface area contributed by atoms with Crippen molar-refractivity contribution >= 4 is 29.0 Å². The smallest absolute Gasteiger partial charge is 0.258 e. The molecule has 2 aromatic heterocycles. The molecule has 2 aliphatic rings. The number of aliphatic hydroxyl groups excluding tert-OH is 1. The van der Waals surface area contributed by atoms with Crippen LogP contribution >= 0.6 is 11.6 Å². The Hall–Kier alpha value is -3.24. The van der Waals surface area contributed by atoms with Crippen LogP contribution in [0.2, 0.25) is 5.02 Å². The summed E-state index contributed by atoms with van der Waals surface area (Å²) < 4.78 is 17.2. The second-order valence-corrected chi connectivity index (χ2v) is 9.24. The minimum Gasteiger partial charge on any atom is -0.398 e. The van der Waals surface area contributed by atoms with E-state index < -0.39 is 23.2 Å². The summed E-state index contributed by atoms with van der Waals surface area (Å²) in [5, 5.41) is 22.3. The van der Waals surface area contributed by atoms with Gasteiger partial charge in [0.15, 0.2) is 0 Å². The Kier molecular flexibility index (Phi) is 5.02. The number of nitrogens with one attached hydrogen (secondary N) is 1. The standard InChI is InChI=1S/C22H23ClFN7O2/c1-30(2)21(33)16-13(25)4-3-11(19(16)24)12-9-26-20-17(18(12)23)22(10-27-20)7-14(15(32)8-22)31-6-5-28-29-31/h3-6,9,14-15,32H,7-8,10,25H2,1-2H3,(H,26,27)/t14-,15+,22-/m0/s1. The summed E-state index contributed by atoms with van der Waals surface area (Å²) in [6.07, 6.45) is 5.14. The second kappa shape index (κ2) is 7.67. The van der Waals surface area contributed by atoms with Crippen LogP contribution in [0.4, 0.5) is 15.9 Å². The van der Waals surface area contributed by atoms with Crippen molar-refractivity contribution in [2.75, 3.05) is 31.7 Å². The molecule has 1 amide bonds. The van der Waals surface area contributed by atoms with Crippen LogP contribution in [0.5, 0.6) is 0 Å². The van der Waals surface area contributed by atoms with E-state index in [4.69, 9.17) is 17.3 Å². The predicted octanol–water partition coefficient (Wildman–Crippen LogP) is 2.48. The largest absolute Gasteiger partial charge is 0.398 e. The van der Waals surface area contributed by atoms with E-state index in [-0.39, 0.29) is 22.9 Å². The van der Waals surface area contributed by atoms with E-state index in [0.717, 1.165) is 5.56 Å². The summed E-state index contributed by atoms with van der Waals surface area (Å²) in [4.78, 5) is 18.3. The fourth-order valence-corrected chi connectivity index (χ4v) is 5.49. The maximum absolute atomic E-state index is 15.6. The van der Waals surface area contributed by atoms with Crippen molar-refractivity contribution in [2.24, 2.45) is 0 Å². The minimum absolute atomic E-state index is 0.0490. The van der Waals surface area contributed by atoms with Gasteiger partial charge in [0, 0.05) is 60.8 Å². The molecule has 172 valence electrons. The lowest BCUT2D eigenvalue weighted by molar-refractivity contribution is 0.0824. The minimum atomic E-state index is -0.746. The van der Waals surface area contributed by atoms with Gasteiger partial charge < -0.3 is 21.1 Å². The number of anilines is 2. The van der Waals surface area contributed by atoms with E-state index in [9.17, 15) is 9.90 Å². The predicted molar refractivity (Wildman–Crippen MR) is 122 cm³/mol. The van der Waals surface area contributed by atoms with Crippen LogP contribution < -0.4 is 11.1 Å². The molecule has 9 nitrogen and oxygen atoms in total. The van der Waals surface area contributed by atoms with E-state index in [1.807, 2.05) is 0 Å². The molecule has 3 atom stereocenters. The van der Waals surface area contributed by atoms with Gasteiger partial charge in [-0.3, -0.25) is 4.79 Å². The molecule has 33 heavy (non-hydrogen) atoms. The molecule has 3 aromatic rings. The van der Waals surface area contributed by atoms with Gasteiger partial charge >= 0.3 is 0 Å². The lowest BCUT2D eigenvalue weighted by atomic mass is 9.80. The number of carbonyl (C=O) groups is 1. The third-order valence-electron chi connectivity index (χ3n) is 6.65. The third kappa shape index (κ3) is 3.24. The summed E-state index contributed by atoms with van der Waals surface area (Å²) in [6, 6.07) is 2.73. The normalized spacial score (nSPS) is 23.5. The Bertz CT molecular complexity index is 1250. The zero-order valence-electron chi connectivity index (χ0n) is 18.1. The van der Waals surface area contributed by atoms with Gasteiger partial charge in [-0.15, -0.1) is 5.10 Å².